The Morgan fingerprint density at radius 3 is 2.71 bits per heavy atom. The van der Waals surface area contributed by atoms with Crippen LogP contribution in [-0.2, 0) is 11.3 Å². The predicted molar refractivity (Wildman–Crippen MR) is 81.8 cm³/mol. The van der Waals surface area contributed by atoms with Crippen LogP contribution in [0, 0.1) is 5.92 Å². The van der Waals surface area contributed by atoms with Crippen LogP contribution >= 0.6 is 0 Å². The van der Waals surface area contributed by atoms with Gasteiger partial charge in [-0.05, 0) is 25.8 Å². The van der Waals surface area contributed by atoms with E-state index in [1.54, 1.807) is 0 Å². The van der Waals surface area contributed by atoms with Crippen molar-refractivity contribution in [2.75, 3.05) is 18.4 Å². The second-order valence-electron chi connectivity index (χ2n) is 5.58. The van der Waals surface area contributed by atoms with E-state index >= 15 is 0 Å². The molecule has 0 bridgehead atoms. The molecule has 120 valence electrons. The Hall–Kier alpha value is -1.63. The molecule has 0 spiro atoms. The molecule has 21 heavy (non-hydrogen) atoms. The molecule has 0 aromatic carbocycles. The van der Waals surface area contributed by atoms with Crippen molar-refractivity contribution in [1.29, 1.82) is 0 Å². The third kappa shape index (κ3) is 7.65. The Kier molecular flexibility index (Phi) is 7.74. The molecule has 1 unspecified atom stereocenters. The van der Waals surface area contributed by atoms with Crippen LogP contribution in [0.4, 0.5) is 6.01 Å². The maximum absolute atomic E-state index is 11.6. The van der Waals surface area contributed by atoms with Gasteiger partial charge in [0.15, 0.2) is 0 Å². The van der Waals surface area contributed by atoms with Gasteiger partial charge in [0.25, 0.3) is 0 Å². The third-order valence-corrected chi connectivity index (χ3v) is 2.94. The van der Waals surface area contributed by atoms with Gasteiger partial charge in [0.2, 0.25) is 11.8 Å². The lowest BCUT2D eigenvalue weighted by atomic mass is 10.2. The minimum Gasteiger partial charge on any atom is -0.407 e. The molecule has 0 aliphatic carbocycles. The molecule has 7 nitrogen and oxygen atoms in total. The van der Waals surface area contributed by atoms with Gasteiger partial charge in [-0.2, -0.15) is 0 Å². The summed E-state index contributed by atoms with van der Waals surface area (Å²) in [7, 11) is 0. The van der Waals surface area contributed by atoms with Crippen LogP contribution in [0.3, 0.4) is 0 Å². The highest BCUT2D eigenvalue weighted by atomic mass is 16.4. The topological polar surface area (TPSA) is 92.1 Å². The first-order valence-electron chi connectivity index (χ1n) is 7.57. The molecule has 1 rings (SSSR count). The number of nitrogens with one attached hydrogen (secondary N) is 3. The van der Waals surface area contributed by atoms with Crippen LogP contribution in [0.5, 0.6) is 0 Å². The van der Waals surface area contributed by atoms with E-state index in [0.29, 0.717) is 37.3 Å². The van der Waals surface area contributed by atoms with E-state index in [9.17, 15) is 4.79 Å². The summed E-state index contributed by atoms with van der Waals surface area (Å²) in [6.07, 6.45) is 1.31. The molecule has 0 aliphatic rings. The number of hydrogen-bond donors (Lipinski definition) is 3. The van der Waals surface area contributed by atoms with Crippen molar-refractivity contribution < 1.29 is 9.21 Å². The molecule has 1 atom stereocenters. The zero-order valence-corrected chi connectivity index (χ0v) is 13.4. The molecule has 0 aliphatic heterocycles. The van der Waals surface area contributed by atoms with Gasteiger partial charge < -0.3 is 20.4 Å². The Labute approximate surface area is 126 Å². The maximum Gasteiger partial charge on any atom is 0.315 e. The van der Waals surface area contributed by atoms with Crippen molar-refractivity contribution in [2.24, 2.45) is 5.92 Å². The summed E-state index contributed by atoms with van der Waals surface area (Å²) in [5.74, 6) is 1.15. The summed E-state index contributed by atoms with van der Waals surface area (Å²) in [6, 6.07) is 0.562. The first-order valence-corrected chi connectivity index (χ1v) is 7.57. The Morgan fingerprint density at radius 2 is 2.05 bits per heavy atom. The van der Waals surface area contributed by atoms with Crippen LogP contribution < -0.4 is 16.0 Å². The lowest BCUT2D eigenvalue weighted by Gasteiger charge is -2.10. The van der Waals surface area contributed by atoms with Crippen molar-refractivity contribution in [3.8, 4) is 0 Å². The van der Waals surface area contributed by atoms with Crippen LogP contribution in [0.15, 0.2) is 4.42 Å². The molecule has 1 aromatic rings. The van der Waals surface area contributed by atoms with Gasteiger partial charge in [0.1, 0.15) is 0 Å². The maximum atomic E-state index is 11.6. The second kappa shape index (κ2) is 9.33. The molecular weight excluding hydrogens is 270 g/mol. The smallest absolute Gasteiger partial charge is 0.315 e. The van der Waals surface area contributed by atoms with Crippen molar-refractivity contribution in [1.82, 2.24) is 20.8 Å². The molecule has 1 heterocycles. The van der Waals surface area contributed by atoms with E-state index in [2.05, 4.69) is 40.0 Å². The molecule has 1 amide bonds. The summed E-state index contributed by atoms with van der Waals surface area (Å²) >= 11 is 0. The van der Waals surface area contributed by atoms with Crippen molar-refractivity contribution >= 4 is 11.9 Å². The van der Waals surface area contributed by atoms with Crippen LogP contribution in [-0.4, -0.2) is 35.2 Å². The van der Waals surface area contributed by atoms with Gasteiger partial charge in [0.05, 0.1) is 6.54 Å². The zero-order chi connectivity index (χ0) is 15.7. The normalized spacial score (nSPS) is 12.4. The molecule has 0 saturated heterocycles. The van der Waals surface area contributed by atoms with Crippen LogP contribution in [0.2, 0.25) is 0 Å². The first-order chi connectivity index (χ1) is 10.0. The van der Waals surface area contributed by atoms with E-state index in [-0.39, 0.29) is 11.9 Å². The van der Waals surface area contributed by atoms with E-state index in [0.717, 1.165) is 13.0 Å². The number of amides is 1. The average molecular weight is 297 g/mol. The van der Waals surface area contributed by atoms with Gasteiger partial charge in [-0.25, -0.2) is 0 Å². The summed E-state index contributed by atoms with van der Waals surface area (Å²) in [5, 5.41) is 16.9. The number of rotatable bonds is 10. The fraction of sp³-hybridized carbons (Fsp3) is 0.786. The molecule has 0 fully saturated rings. The van der Waals surface area contributed by atoms with Gasteiger partial charge >= 0.3 is 6.01 Å². The van der Waals surface area contributed by atoms with Crippen molar-refractivity contribution in [2.45, 2.75) is 53.1 Å². The molecule has 0 radical (unpaired) electrons. The minimum atomic E-state index is 0.0233. The van der Waals surface area contributed by atoms with E-state index in [1.807, 2.05) is 13.8 Å². The summed E-state index contributed by atoms with van der Waals surface area (Å²) in [4.78, 5) is 11.6. The largest absolute Gasteiger partial charge is 0.407 e. The number of nitrogens with zero attached hydrogens (tertiary/aromatic N) is 2. The fourth-order valence-corrected chi connectivity index (χ4v) is 1.60. The van der Waals surface area contributed by atoms with Crippen molar-refractivity contribution in [3.63, 3.8) is 0 Å². The quantitative estimate of drug-likeness (QED) is 0.606. The lowest BCUT2D eigenvalue weighted by molar-refractivity contribution is -0.121. The molecule has 0 saturated carbocycles. The second-order valence-corrected chi connectivity index (χ2v) is 5.58. The number of carbonyl (C=O) groups is 1. The Morgan fingerprint density at radius 1 is 1.29 bits per heavy atom. The monoisotopic (exact) mass is 297 g/mol. The lowest BCUT2D eigenvalue weighted by Crippen LogP contribution is -2.32. The van der Waals surface area contributed by atoms with Crippen LogP contribution in [0.25, 0.3) is 0 Å². The summed E-state index contributed by atoms with van der Waals surface area (Å²) in [5.41, 5.74) is 0. The Balaban J connectivity index is 2.21. The molecular formula is C14H27N5O2. The average Bonchev–Trinajstić information content (AvgIpc) is 2.86. The summed E-state index contributed by atoms with van der Waals surface area (Å²) in [6.45, 7) is 10.2. The van der Waals surface area contributed by atoms with E-state index in [4.69, 9.17) is 4.42 Å². The van der Waals surface area contributed by atoms with Gasteiger partial charge in [0, 0.05) is 19.0 Å². The van der Waals surface area contributed by atoms with Gasteiger partial charge in [-0.3, -0.25) is 4.79 Å². The SMILES string of the molecule is CCC(C)NC(=O)CCNc1nnc(CNCC(C)C)o1. The van der Waals surface area contributed by atoms with Gasteiger partial charge in [-0.15, -0.1) is 5.10 Å². The van der Waals surface area contributed by atoms with Crippen LogP contribution in [0.1, 0.15) is 46.4 Å². The van der Waals surface area contributed by atoms with Crippen molar-refractivity contribution in [3.05, 3.63) is 5.89 Å². The highest BCUT2D eigenvalue weighted by Crippen LogP contribution is 2.05. The number of hydrogen-bond acceptors (Lipinski definition) is 6. The zero-order valence-electron chi connectivity index (χ0n) is 13.4. The molecule has 1 aromatic heterocycles. The Bertz CT molecular complexity index is 419. The minimum absolute atomic E-state index is 0.0233. The summed E-state index contributed by atoms with van der Waals surface area (Å²) < 4.78 is 5.42. The third-order valence-electron chi connectivity index (χ3n) is 2.94. The number of anilines is 1. The van der Waals surface area contributed by atoms with Gasteiger partial charge in [-0.1, -0.05) is 25.9 Å². The fourth-order valence-electron chi connectivity index (χ4n) is 1.60. The standard InChI is InChI=1S/C14H27N5O2/c1-5-11(4)17-12(20)6-7-16-14-19-18-13(21-14)9-15-8-10(2)3/h10-11,15H,5-9H2,1-4H3,(H,16,19)(H,17,20). The van der Waals surface area contributed by atoms with E-state index in [1.165, 1.54) is 0 Å². The number of aromatic nitrogens is 2. The highest BCUT2D eigenvalue weighted by molar-refractivity contribution is 5.76. The predicted octanol–water partition coefficient (Wildman–Crippen LogP) is 1.53. The molecule has 7 heteroatoms. The van der Waals surface area contributed by atoms with E-state index < -0.39 is 0 Å². The molecule has 3 N–H and O–H groups in total. The number of carbonyl (C=O) groups excluding carboxylic acids is 1. The first kappa shape index (κ1) is 17.4. The highest BCUT2D eigenvalue weighted by Gasteiger charge is 2.08.